The normalized spacial score (nSPS) is 25.7. The van der Waals surface area contributed by atoms with E-state index in [-0.39, 0.29) is 24.2 Å². The quantitative estimate of drug-likeness (QED) is 0.785. The van der Waals surface area contributed by atoms with Gasteiger partial charge in [-0.25, -0.2) is 0 Å². The van der Waals surface area contributed by atoms with Crippen LogP contribution in [-0.4, -0.2) is 35.5 Å². The molecule has 1 amide bonds. The van der Waals surface area contributed by atoms with E-state index in [2.05, 4.69) is 18.2 Å². The summed E-state index contributed by atoms with van der Waals surface area (Å²) >= 11 is 0. The molecule has 0 aromatic heterocycles. The summed E-state index contributed by atoms with van der Waals surface area (Å²) < 4.78 is 5.62. The minimum atomic E-state index is -0.502. The standard InChI is InChI=1S/C20H23NO3/c22-18-14-17(20(24-18)10-4-5-11-20)19(23)21-12-8-16(9-13-21)15-6-2-1-3-7-15/h1-3,6-8,17H,4-5,9-14H2. The van der Waals surface area contributed by atoms with Gasteiger partial charge in [0.15, 0.2) is 0 Å². The Kier molecular flexibility index (Phi) is 3.91. The lowest BCUT2D eigenvalue weighted by atomic mass is 9.84. The molecule has 3 aliphatic rings. The van der Waals surface area contributed by atoms with E-state index in [1.165, 1.54) is 11.1 Å². The molecule has 1 saturated carbocycles. The summed E-state index contributed by atoms with van der Waals surface area (Å²) in [5.74, 6) is -0.377. The number of benzene rings is 1. The van der Waals surface area contributed by atoms with E-state index < -0.39 is 5.60 Å². The van der Waals surface area contributed by atoms with Crippen LogP contribution in [0.5, 0.6) is 0 Å². The summed E-state index contributed by atoms with van der Waals surface area (Å²) in [6.45, 7) is 1.35. The number of hydrogen-bond acceptors (Lipinski definition) is 3. The van der Waals surface area contributed by atoms with Crippen molar-refractivity contribution < 1.29 is 14.3 Å². The highest BCUT2D eigenvalue weighted by molar-refractivity contribution is 5.88. The summed E-state index contributed by atoms with van der Waals surface area (Å²) in [5.41, 5.74) is 2.03. The minimum Gasteiger partial charge on any atom is -0.458 e. The SMILES string of the molecule is O=C1CC(C(=O)N2CC=C(c3ccccc3)CC2)C2(CCCC2)O1. The average Bonchev–Trinajstić information content (AvgIpc) is 3.22. The minimum absolute atomic E-state index is 0.103. The molecule has 0 radical (unpaired) electrons. The lowest BCUT2D eigenvalue weighted by Gasteiger charge is -2.34. The first-order valence-corrected chi connectivity index (χ1v) is 8.93. The number of carbonyl (C=O) groups is 2. The van der Waals surface area contributed by atoms with Crippen molar-refractivity contribution in [2.45, 2.75) is 44.1 Å². The smallest absolute Gasteiger partial charge is 0.307 e. The number of hydrogen-bond donors (Lipinski definition) is 0. The molecule has 2 fully saturated rings. The number of esters is 1. The van der Waals surface area contributed by atoms with Crippen molar-refractivity contribution in [3.05, 3.63) is 42.0 Å². The fourth-order valence-electron chi connectivity index (χ4n) is 4.43. The second-order valence-electron chi connectivity index (χ2n) is 7.13. The van der Waals surface area contributed by atoms with Crippen LogP contribution in [-0.2, 0) is 14.3 Å². The molecule has 126 valence electrons. The molecule has 2 heterocycles. The van der Waals surface area contributed by atoms with Gasteiger partial charge >= 0.3 is 5.97 Å². The lowest BCUT2D eigenvalue weighted by molar-refractivity contribution is -0.151. The summed E-state index contributed by atoms with van der Waals surface area (Å²) in [6.07, 6.45) is 7.05. The van der Waals surface area contributed by atoms with Crippen LogP contribution in [0.3, 0.4) is 0 Å². The average molecular weight is 325 g/mol. The van der Waals surface area contributed by atoms with Crippen LogP contribution in [0.4, 0.5) is 0 Å². The molecule has 0 bridgehead atoms. The van der Waals surface area contributed by atoms with Crippen LogP contribution in [0.1, 0.15) is 44.1 Å². The molecule has 1 spiro atoms. The van der Waals surface area contributed by atoms with Crippen molar-refractivity contribution in [1.29, 1.82) is 0 Å². The van der Waals surface area contributed by atoms with Gasteiger partial charge in [0.1, 0.15) is 5.60 Å². The number of carbonyl (C=O) groups excluding carboxylic acids is 2. The Morgan fingerprint density at radius 1 is 1.17 bits per heavy atom. The van der Waals surface area contributed by atoms with Gasteiger partial charge < -0.3 is 9.64 Å². The maximum absolute atomic E-state index is 13.0. The fourth-order valence-corrected chi connectivity index (χ4v) is 4.43. The Morgan fingerprint density at radius 2 is 1.92 bits per heavy atom. The molecule has 4 heteroatoms. The van der Waals surface area contributed by atoms with Crippen LogP contribution >= 0.6 is 0 Å². The third-order valence-corrected chi connectivity index (χ3v) is 5.74. The summed E-state index contributed by atoms with van der Waals surface area (Å²) in [7, 11) is 0. The fraction of sp³-hybridized carbons (Fsp3) is 0.500. The summed E-state index contributed by atoms with van der Waals surface area (Å²) in [4.78, 5) is 26.8. The maximum atomic E-state index is 13.0. The molecule has 4 nitrogen and oxygen atoms in total. The first-order chi connectivity index (χ1) is 11.7. The van der Waals surface area contributed by atoms with E-state index in [0.29, 0.717) is 6.54 Å². The van der Waals surface area contributed by atoms with Gasteiger partial charge in [-0.3, -0.25) is 9.59 Å². The molecule has 1 unspecified atom stereocenters. The predicted octanol–water partition coefficient (Wildman–Crippen LogP) is 3.18. The number of rotatable bonds is 2. The van der Waals surface area contributed by atoms with Crippen LogP contribution in [0, 0.1) is 5.92 Å². The van der Waals surface area contributed by atoms with E-state index in [9.17, 15) is 9.59 Å². The van der Waals surface area contributed by atoms with Crippen molar-refractivity contribution in [3.8, 4) is 0 Å². The second kappa shape index (κ2) is 6.08. The highest BCUT2D eigenvalue weighted by Gasteiger charge is 2.54. The Morgan fingerprint density at radius 3 is 2.58 bits per heavy atom. The largest absolute Gasteiger partial charge is 0.458 e. The Hall–Kier alpha value is -2.10. The monoisotopic (exact) mass is 325 g/mol. The predicted molar refractivity (Wildman–Crippen MR) is 91.0 cm³/mol. The van der Waals surface area contributed by atoms with Crippen molar-refractivity contribution in [2.24, 2.45) is 5.92 Å². The van der Waals surface area contributed by atoms with Crippen LogP contribution in [0.15, 0.2) is 36.4 Å². The molecule has 1 atom stereocenters. The molecular weight excluding hydrogens is 302 g/mol. The Balaban J connectivity index is 1.48. The van der Waals surface area contributed by atoms with Gasteiger partial charge in [-0.15, -0.1) is 0 Å². The van der Waals surface area contributed by atoms with Crippen molar-refractivity contribution in [2.75, 3.05) is 13.1 Å². The molecule has 1 aliphatic carbocycles. The van der Waals surface area contributed by atoms with Gasteiger partial charge in [0.25, 0.3) is 0 Å². The van der Waals surface area contributed by atoms with E-state index >= 15 is 0 Å². The topological polar surface area (TPSA) is 46.6 Å². The Bertz CT molecular complexity index is 673. The van der Waals surface area contributed by atoms with Gasteiger partial charge in [0, 0.05) is 13.1 Å². The highest BCUT2D eigenvalue weighted by Crippen LogP contribution is 2.46. The van der Waals surface area contributed by atoms with Crippen molar-refractivity contribution >= 4 is 17.4 Å². The Labute approximate surface area is 142 Å². The van der Waals surface area contributed by atoms with Gasteiger partial charge in [-0.1, -0.05) is 36.4 Å². The van der Waals surface area contributed by atoms with Crippen LogP contribution < -0.4 is 0 Å². The zero-order chi connectivity index (χ0) is 16.6. The maximum Gasteiger partial charge on any atom is 0.307 e. The molecule has 24 heavy (non-hydrogen) atoms. The molecule has 1 aromatic rings. The van der Waals surface area contributed by atoms with E-state index in [4.69, 9.17) is 4.74 Å². The summed E-state index contributed by atoms with van der Waals surface area (Å²) in [6, 6.07) is 10.3. The number of amides is 1. The van der Waals surface area contributed by atoms with Gasteiger partial charge in [0.2, 0.25) is 5.91 Å². The zero-order valence-electron chi connectivity index (χ0n) is 13.9. The molecule has 1 saturated heterocycles. The van der Waals surface area contributed by atoms with E-state index in [1.54, 1.807) is 0 Å². The number of ether oxygens (including phenoxy) is 1. The first kappa shape index (κ1) is 15.4. The summed E-state index contributed by atoms with van der Waals surface area (Å²) in [5, 5.41) is 0. The van der Waals surface area contributed by atoms with Crippen LogP contribution in [0.25, 0.3) is 5.57 Å². The van der Waals surface area contributed by atoms with Crippen LogP contribution in [0.2, 0.25) is 0 Å². The number of nitrogens with zero attached hydrogens (tertiary/aromatic N) is 1. The van der Waals surface area contributed by atoms with E-state index in [0.717, 1.165) is 38.6 Å². The molecule has 4 rings (SSSR count). The first-order valence-electron chi connectivity index (χ1n) is 8.93. The van der Waals surface area contributed by atoms with Crippen molar-refractivity contribution in [1.82, 2.24) is 4.90 Å². The van der Waals surface area contributed by atoms with Gasteiger partial charge in [-0.2, -0.15) is 0 Å². The molecule has 0 N–H and O–H groups in total. The van der Waals surface area contributed by atoms with Crippen molar-refractivity contribution in [3.63, 3.8) is 0 Å². The van der Waals surface area contributed by atoms with Gasteiger partial charge in [-0.05, 0) is 43.2 Å². The lowest BCUT2D eigenvalue weighted by Crippen LogP contribution is -2.46. The third-order valence-electron chi connectivity index (χ3n) is 5.74. The second-order valence-corrected chi connectivity index (χ2v) is 7.13. The van der Waals surface area contributed by atoms with Gasteiger partial charge in [0.05, 0.1) is 12.3 Å². The molecule has 1 aromatic carbocycles. The molecular formula is C20H23NO3. The highest BCUT2D eigenvalue weighted by atomic mass is 16.6. The third kappa shape index (κ3) is 2.64. The molecule has 2 aliphatic heterocycles. The van der Waals surface area contributed by atoms with E-state index in [1.807, 2.05) is 23.1 Å². The zero-order valence-corrected chi connectivity index (χ0v) is 13.9.